The van der Waals surface area contributed by atoms with Gasteiger partial charge in [-0.25, -0.2) is 4.39 Å². The Labute approximate surface area is 127 Å². The maximum atomic E-state index is 13.5. The number of amides is 2. The van der Waals surface area contributed by atoms with E-state index in [2.05, 4.69) is 5.32 Å². The van der Waals surface area contributed by atoms with E-state index < -0.39 is 17.8 Å². The number of nitriles is 1. The SMILES string of the molecule is CCNC(=O)[C@@H]1C[C@@H](N)CN1C(=O)c1cc(F)cc(C#N)c1. The minimum atomic E-state index is -0.670. The van der Waals surface area contributed by atoms with E-state index in [0.717, 1.165) is 12.1 Å². The summed E-state index contributed by atoms with van der Waals surface area (Å²) in [7, 11) is 0. The number of carbonyl (C=O) groups excluding carboxylic acids is 2. The number of nitrogens with zero attached hydrogens (tertiary/aromatic N) is 2. The molecule has 116 valence electrons. The molecular formula is C15H17FN4O2. The molecule has 1 heterocycles. The van der Waals surface area contributed by atoms with Gasteiger partial charge in [0.05, 0.1) is 11.6 Å². The molecule has 2 atom stereocenters. The predicted octanol–water partition coefficient (Wildman–Crippen LogP) is 0.375. The van der Waals surface area contributed by atoms with E-state index >= 15 is 0 Å². The van der Waals surface area contributed by atoms with Crippen molar-refractivity contribution < 1.29 is 14.0 Å². The molecule has 1 fully saturated rings. The Bertz CT molecular complexity index is 641. The number of nitrogens with one attached hydrogen (secondary N) is 1. The third-order valence-corrected chi connectivity index (χ3v) is 3.52. The molecule has 22 heavy (non-hydrogen) atoms. The molecule has 1 saturated heterocycles. The lowest BCUT2D eigenvalue weighted by Crippen LogP contribution is -2.46. The van der Waals surface area contributed by atoms with Gasteiger partial charge in [-0.1, -0.05) is 0 Å². The number of carbonyl (C=O) groups is 2. The van der Waals surface area contributed by atoms with Crippen LogP contribution in [0.1, 0.15) is 29.3 Å². The zero-order valence-corrected chi connectivity index (χ0v) is 12.2. The van der Waals surface area contributed by atoms with Crippen molar-refractivity contribution in [3.63, 3.8) is 0 Å². The summed E-state index contributed by atoms with van der Waals surface area (Å²) in [4.78, 5) is 25.9. The van der Waals surface area contributed by atoms with Gasteiger partial charge in [0.15, 0.2) is 0 Å². The number of likely N-dealkylation sites (tertiary alicyclic amines) is 1. The van der Waals surface area contributed by atoms with Crippen molar-refractivity contribution in [2.24, 2.45) is 5.73 Å². The molecule has 0 aliphatic carbocycles. The van der Waals surface area contributed by atoms with Crippen LogP contribution in [0.2, 0.25) is 0 Å². The van der Waals surface area contributed by atoms with Crippen molar-refractivity contribution in [1.29, 1.82) is 5.26 Å². The van der Waals surface area contributed by atoms with E-state index in [1.165, 1.54) is 11.0 Å². The Balaban J connectivity index is 2.29. The highest BCUT2D eigenvalue weighted by Gasteiger charge is 2.38. The summed E-state index contributed by atoms with van der Waals surface area (Å²) in [5.41, 5.74) is 5.95. The molecule has 0 unspecified atom stereocenters. The van der Waals surface area contributed by atoms with Crippen LogP contribution in [-0.4, -0.2) is 41.9 Å². The molecule has 3 N–H and O–H groups in total. The largest absolute Gasteiger partial charge is 0.355 e. The van der Waals surface area contributed by atoms with E-state index in [-0.39, 0.29) is 29.6 Å². The quantitative estimate of drug-likeness (QED) is 0.843. The van der Waals surface area contributed by atoms with E-state index in [4.69, 9.17) is 11.0 Å². The maximum absolute atomic E-state index is 13.5. The highest BCUT2D eigenvalue weighted by Crippen LogP contribution is 2.21. The Morgan fingerprint density at radius 3 is 2.86 bits per heavy atom. The highest BCUT2D eigenvalue weighted by molar-refractivity contribution is 5.98. The van der Waals surface area contributed by atoms with Gasteiger partial charge in [-0.15, -0.1) is 0 Å². The second kappa shape index (κ2) is 6.54. The fraction of sp³-hybridized carbons (Fsp3) is 0.400. The number of hydrogen-bond acceptors (Lipinski definition) is 4. The molecular weight excluding hydrogens is 287 g/mol. The Kier molecular flexibility index (Phi) is 4.73. The summed E-state index contributed by atoms with van der Waals surface area (Å²) in [6, 6.07) is 4.24. The van der Waals surface area contributed by atoms with Gasteiger partial charge in [0, 0.05) is 24.7 Å². The van der Waals surface area contributed by atoms with Crippen LogP contribution >= 0.6 is 0 Å². The molecule has 2 rings (SSSR count). The number of benzene rings is 1. The zero-order valence-electron chi connectivity index (χ0n) is 12.2. The topological polar surface area (TPSA) is 99.2 Å². The smallest absolute Gasteiger partial charge is 0.254 e. The average molecular weight is 304 g/mol. The lowest BCUT2D eigenvalue weighted by molar-refractivity contribution is -0.124. The molecule has 0 aromatic heterocycles. The van der Waals surface area contributed by atoms with Crippen LogP contribution in [0.15, 0.2) is 18.2 Å². The first-order valence-corrected chi connectivity index (χ1v) is 7.01. The van der Waals surface area contributed by atoms with Crippen LogP contribution < -0.4 is 11.1 Å². The third kappa shape index (κ3) is 3.23. The van der Waals surface area contributed by atoms with E-state index in [9.17, 15) is 14.0 Å². The lowest BCUT2D eigenvalue weighted by Gasteiger charge is -2.23. The summed E-state index contributed by atoms with van der Waals surface area (Å²) in [5, 5.41) is 11.5. The second-order valence-corrected chi connectivity index (χ2v) is 5.20. The molecule has 0 bridgehead atoms. The van der Waals surface area contributed by atoms with Crippen LogP contribution in [0.25, 0.3) is 0 Å². The van der Waals surface area contributed by atoms with Crippen molar-refractivity contribution in [2.45, 2.75) is 25.4 Å². The minimum absolute atomic E-state index is 0.0416. The van der Waals surface area contributed by atoms with Gasteiger partial charge in [0.1, 0.15) is 11.9 Å². The molecule has 0 spiro atoms. The van der Waals surface area contributed by atoms with Crippen LogP contribution in [0.3, 0.4) is 0 Å². The Hall–Kier alpha value is -2.46. The van der Waals surface area contributed by atoms with Gasteiger partial charge in [-0.3, -0.25) is 9.59 Å². The van der Waals surface area contributed by atoms with Crippen molar-refractivity contribution in [1.82, 2.24) is 10.2 Å². The summed E-state index contributed by atoms with van der Waals surface area (Å²) in [5.74, 6) is -1.44. The summed E-state index contributed by atoms with van der Waals surface area (Å²) >= 11 is 0. The van der Waals surface area contributed by atoms with Crippen LogP contribution in [0, 0.1) is 17.1 Å². The highest BCUT2D eigenvalue weighted by atomic mass is 19.1. The van der Waals surface area contributed by atoms with Gasteiger partial charge in [0.2, 0.25) is 5.91 Å². The Morgan fingerprint density at radius 1 is 1.50 bits per heavy atom. The fourth-order valence-corrected chi connectivity index (χ4v) is 2.58. The number of rotatable bonds is 3. The van der Waals surface area contributed by atoms with E-state index in [1.807, 2.05) is 0 Å². The van der Waals surface area contributed by atoms with Gasteiger partial charge in [0.25, 0.3) is 5.91 Å². The molecule has 1 aromatic carbocycles. The van der Waals surface area contributed by atoms with Crippen LogP contribution in [0.4, 0.5) is 4.39 Å². The van der Waals surface area contributed by atoms with E-state index in [1.54, 1.807) is 13.0 Å². The molecule has 7 heteroatoms. The zero-order chi connectivity index (χ0) is 16.3. The molecule has 1 aliphatic rings. The molecule has 1 aliphatic heterocycles. The second-order valence-electron chi connectivity index (χ2n) is 5.20. The number of hydrogen-bond donors (Lipinski definition) is 2. The fourth-order valence-electron chi connectivity index (χ4n) is 2.58. The van der Waals surface area contributed by atoms with Gasteiger partial charge in [-0.05, 0) is 31.5 Å². The van der Waals surface area contributed by atoms with Crippen molar-refractivity contribution in [2.75, 3.05) is 13.1 Å². The third-order valence-electron chi connectivity index (χ3n) is 3.52. The number of halogens is 1. The predicted molar refractivity (Wildman–Crippen MR) is 77.2 cm³/mol. The minimum Gasteiger partial charge on any atom is -0.355 e. The van der Waals surface area contributed by atoms with Crippen molar-refractivity contribution >= 4 is 11.8 Å². The van der Waals surface area contributed by atoms with Gasteiger partial charge >= 0.3 is 0 Å². The first kappa shape index (κ1) is 15.9. The van der Waals surface area contributed by atoms with E-state index in [0.29, 0.717) is 13.0 Å². The molecule has 0 radical (unpaired) electrons. The average Bonchev–Trinajstić information content (AvgIpc) is 2.88. The van der Waals surface area contributed by atoms with Crippen molar-refractivity contribution in [3.8, 4) is 6.07 Å². The maximum Gasteiger partial charge on any atom is 0.254 e. The molecule has 2 amide bonds. The Morgan fingerprint density at radius 2 is 2.23 bits per heavy atom. The number of likely N-dealkylation sites (N-methyl/N-ethyl adjacent to an activating group) is 1. The summed E-state index contributed by atoms with van der Waals surface area (Å²) < 4.78 is 13.5. The summed E-state index contributed by atoms with van der Waals surface area (Å²) in [6.45, 7) is 2.45. The lowest BCUT2D eigenvalue weighted by atomic mass is 10.1. The van der Waals surface area contributed by atoms with Crippen molar-refractivity contribution in [3.05, 3.63) is 35.1 Å². The van der Waals surface area contributed by atoms with Gasteiger partial charge in [-0.2, -0.15) is 5.26 Å². The standard InChI is InChI=1S/C15H17FN4O2/c1-2-19-14(21)13-6-12(18)8-20(13)15(22)10-3-9(7-17)4-11(16)5-10/h3-5,12-13H,2,6,8,18H2,1H3,(H,19,21)/t12-,13+/m1/s1. The first-order valence-electron chi connectivity index (χ1n) is 7.01. The molecule has 0 saturated carbocycles. The molecule has 6 nitrogen and oxygen atoms in total. The summed E-state index contributed by atoms with van der Waals surface area (Å²) in [6.07, 6.45) is 0.359. The first-order chi connectivity index (χ1) is 10.5. The van der Waals surface area contributed by atoms with Crippen LogP contribution in [0.5, 0.6) is 0 Å². The normalized spacial score (nSPS) is 20.5. The van der Waals surface area contributed by atoms with Gasteiger partial charge < -0.3 is 16.0 Å². The monoisotopic (exact) mass is 304 g/mol. The molecule has 1 aromatic rings. The van der Waals surface area contributed by atoms with Crippen LogP contribution in [-0.2, 0) is 4.79 Å². The number of nitrogens with two attached hydrogens (primary N) is 1.